The van der Waals surface area contributed by atoms with Crippen molar-refractivity contribution in [2.24, 2.45) is 0 Å². The minimum absolute atomic E-state index is 0.128. The average molecular weight is 162 g/mol. The van der Waals surface area contributed by atoms with E-state index >= 15 is 0 Å². The number of fused-ring (bicyclic) bond motifs is 1. The van der Waals surface area contributed by atoms with E-state index < -0.39 is 0 Å². The topological polar surface area (TPSA) is 33.2 Å². The fourth-order valence-electron chi connectivity index (χ4n) is 1.45. The SMILES string of the molecule is Cc1cnc2c(c1)CC(=O)N2C. The summed E-state index contributed by atoms with van der Waals surface area (Å²) in [7, 11) is 1.76. The minimum Gasteiger partial charge on any atom is -0.299 e. The third kappa shape index (κ3) is 0.897. The summed E-state index contributed by atoms with van der Waals surface area (Å²) >= 11 is 0. The summed E-state index contributed by atoms with van der Waals surface area (Å²) in [5, 5.41) is 0. The zero-order chi connectivity index (χ0) is 8.72. The maximum absolute atomic E-state index is 11.2. The summed E-state index contributed by atoms with van der Waals surface area (Å²) in [5.41, 5.74) is 2.15. The largest absolute Gasteiger partial charge is 0.299 e. The summed E-state index contributed by atoms with van der Waals surface area (Å²) in [4.78, 5) is 17.0. The molecule has 0 saturated heterocycles. The molecule has 0 aliphatic carbocycles. The molecule has 0 unspecified atom stereocenters. The van der Waals surface area contributed by atoms with Gasteiger partial charge in [0.05, 0.1) is 6.42 Å². The lowest BCUT2D eigenvalue weighted by Gasteiger charge is -2.07. The van der Waals surface area contributed by atoms with Gasteiger partial charge < -0.3 is 0 Å². The Morgan fingerprint density at radius 1 is 1.58 bits per heavy atom. The first-order valence-electron chi connectivity index (χ1n) is 3.90. The van der Waals surface area contributed by atoms with E-state index in [1.807, 2.05) is 13.0 Å². The number of carbonyl (C=O) groups excluding carboxylic acids is 1. The van der Waals surface area contributed by atoms with Crippen molar-refractivity contribution in [2.45, 2.75) is 13.3 Å². The molecule has 1 amide bonds. The van der Waals surface area contributed by atoms with Crippen molar-refractivity contribution < 1.29 is 4.79 Å². The Morgan fingerprint density at radius 2 is 2.33 bits per heavy atom. The monoisotopic (exact) mass is 162 g/mol. The lowest BCUT2D eigenvalue weighted by Crippen LogP contribution is -2.21. The van der Waals surface area contributed by atoms with Crippen LogP contribution >= 0.6 is 0 Å². The number of aromatic nitrogens is 1. The van der Waals surface area contributed by atoms with Gasteiger partial charge >= 0.3 is 0 Å². The van der Waals surface area contributed by atoms with Crippen molar-refractivity contribution in [3.05, 3.63) is 23.4 Å². The van der Waals surface area contributed by atoms with Crippen LogP contribution in [0.5, 0.6) is 0 Å². The van der Waals surface area contributed by atoms with Crippen LogP contribution in [0.4, 0.5) is 5.82 Å². The highest BCUT2D eigenvalue weighted by Gasteiger charge is 2.24. The number of nitrogens with zero attached hydrogens (tertiary/aromatic N) is 2. The van der Waals surface area contributed by atoms with Gasteiger partial charge in [-0.05, 0) is 12.5 Å². The first-order valence-corrected chi connectivity index (χ1v) is 3.90. The Balaban J connectivity index is 2.54. The van der Waals surface area contributed by atoms with Gasteiger partial charge in [-0.1, -0.05) is 6.07 Å². The minimum atomic E-state index is 0.128. The van der Waals surface area contributed by atoms with Crippen LogP contribution in [0, 0.1) is 6.92 Å². The molecule has 1 aliphatic rings. The fourth-order valence-corrected chi connectivity index (χ4v) is 1.45. The maximum Gasteiger partial charge on any atom is 0.232 e. The summed E-state index contributed by atoms with van der Waals surface area (Å²) in [6.07, 6.45) is 2.29. The van der Waals surface area contributed by atoms with E-state index in [-0.39, 0.29) is 5.91 Å². The highest BCUT2D eigenvalue weighted by molar-refractivity contribution is 5.99. The predicted octanol–water partition coefficient (Wildman–Crippen LogP) is 0.909. The number of anilines is 1. The molecule has 0 bridgehead atoms. The number of aryl methyl sites for hydroxylation is 1. The van der Waals surface area contributed by atoms with Gasteiger partial charge in [-0.15, -0.1) is 0 Å². The quantitative estimate of drug-likeness (QED) is 0.568. The van der Waals surface area contributed by atoms with E-state index in [1.54, 1.807) is 18.1 Å². The molecule has 0 fully saturated rings. The summed E-state index contributed by atoms with van der Waals surface area (Å²) in [5.74, 6) is 0.939. The molecule has 1 aliphatic heterocycles. The van der Waals surface area contributed by atoms with Crippen LogP contribution in [0.2, 0.25) is 0 Å². The van der Waals surface area contributed by atoms with Gasteiger partial charge in [0.25, 0.3) is 0 Å². The predicted molar refractivity (Wildman–Crippen MR) is 46.1 cm³/mol. The van der Waals surface area contributed by atoms with Crippen molar-refractivity contribution in [2.75, 3.05) is 11.9 Å². The summed E-state index contributed by atoms with van der Waals surface area (Å²) in [6, 6.07) is 2.02. The normalized spacial score (nSPS) is 15.2. The highest BCUT2D eigenvalue weighted by Crippen LogP contribution is 2.24. The fraction of sp³-hybridized carbons (Fsp3) is 0.333. The van der Waals surface area contributed by atoms with Gasteiger partial charge in [-0.2, -0.15) is 0 Å². The van der Waals surface area contributed by atoms with E-state index in [0.717, 1.165) is 16.9 Å². The zero-order valence-electron chi connectivity index (χ0n) is 7.16. The average Bonchev–Trinajstić information content (AvgIpc) is 2.28. The van der Waals surface area contributed by atoms with Crippen molar-refractivity contribution in [3.63, 3.8) is 0 Å². The molecular formula is C9H10N2O. The molecule has 3 heteroatoms. The smallest absolute Gasteiger partial charge is 0.232 e. The van der Waals surface area contributed by atoms with E-state index in [4.69, 9.17) is 0 Å². The third-order valence-electron chi connectivity index (χ3n) is 2.11. The van der Waals surface area contributed by atoms with E-state index in [1.165, 1.54) is 0 Å². The Hall–Kier alpha value is -1.38. The second kappa shape index (κ2) is 2.30. The van der Waals surface area contributed by atoms with Crippen LogP contribution in [0.1, 0.15) is 11.1 Å². The van der Waals surface area contributed by atoms with Gasteiger partial charge in [0.15, 0.2) is 0 Å². The Kier molecular flexibility index (Phi) is 1.40. The van der Waals surface area contributed by atoms with Crippen LogP contribution in [0.15, 0.2) is 12.3 Å². The number of carbonyl (C=O) groups is 1. The second-order valence-corrected chi connectivity index (χ2v) is 3.12. The molecule has 0 spiro atoms. The Morgan fingerprint density at radius 3 is 3.08 bits per heavy atom. The molecule has 2 heterocycles. The van der Waals surface area contributed by atoms with Crippen LogP contribution in [-0.2, 0) is 11.2 Å². The van der Waals surface area contributed by atoms with E-state index in [0.29, 0.717) is 6.42 Å². The Bertz CT molecular complexity index is 346. The van der Waals surface area contributed by atoms with E-state index in [2.05, 4.69) is 4.98 Å². The molecule has 1 aromatic rings. The molecule has 12 heavy (non-hydrogen) atoms. The van der Waals surface area contributed by atoms with E-state index in [9.17, 15) is 4.79 Å². The first kappa shape index (κ1) is 7.28. The number of pyridine rings is 1. The number of rotatable bonds is 0. The molecule has 0 N–H and O–H groups in total. The van der Waals surface area contributed by atoms with Crippen molar-refractivity contribution >= 4 is 11.7 Å². The first-order chi connectivity index (χ1) is 5.68. The second-order valence-electron chi connectivity index (χ2n) is 3.12. The van der Waals surface area contributed by atoms with Crippen molar-refractivity contribution in [1.82, 2.24) is 4.98 Å². The van der Waals surface area contributed by atoms with Gasteiger partial charge in [-0.3, -0.25) is 9.69 Å². The molecule has 0 saturated carbocycles. The number of hydrogen-bond donors (Lipinski definition) is 0. The molecular weight excluding hydrogens is 152 g/mol. The van der Waals surface area contributed by atoms with Crippen LogP contribution < -0.4 is 4.90 Å². The van der Waals surface area contributed by atoms with Crippen molar-refractivity contribution in [1.29, 1.82) is 0 Å². The third-order valence-corrected chi connectivity index (χ3v) is 2.11. The Labute approximate surface area is 71.0 Å². The lowest BCUT2D eigenvalue weighted by atomic mass is 10.2. The molecule has 0 atom stereocenters. The van der Waals surface area contributed by atoms with Gasteiger partial charge in [-0.25, -0.2) is 4.98 Å². The highest BCUT2D eigenvalue weighted by atomic mass is 16.2. The number of likely N-dealkylation sites (N-methyl/N-ethyl adjacent to an activating group) is 1. The van der Waals surface area contributed by atoms with Crippen LogP contribution in [-0.4, -0.2) is 17.9 Å². The van der Waals surface area contributed by atoms with Gasteiger partial charge in [0.2, 0.25) is 5.91 Å². The lowest BCUT2D eigenvalue weighted by molar-refractivity contribution is -0.117. The standard InChI is InChI=1S/C9H10N2O/c1-6-3-7-4-8(12)11(2)9(7)10-5-6/h3,5H,4H2,1-2H3. The summed E-state index contributed by atoms with van der Waals surface area (Å²) in [6.45, 7) is 1.98. The van der Waals surface area contributed by atoms with Crippen LogP contribution in [0.25, 0.3) is 0 Å². The molecule has 0 aromatic carbocycles. The molecule has 1 aromatic heterocycles. The molecule has 62 valence electrons. The maximum atomic E-state index is 11.2. The molecule has 3 nitrogen and oxygen atoms in total. The van der Waals surface area contributed by atoms with Gasteiger partial charge in [0, 0.05) is 18.8 Å². The van der Waals surface area contributed by atoms with Crippen molar-refractivity contribution in [3.8, 4) is 0 Å². The van der Waals surface area contributed by atoms with Gasteiger partial charge in [0.1, 0.15) is 5.82 Å². The molecule has 2 rings (SSSR count). The zero-order valence-corrected chi connectivity index (χ0v) is 7.16. The summed E-state index contributed by atoms with van der Waals surface area (Å²) < 4.78 is 0. The number of amides is 1. The number of hydrogen-bond acceptors (Lipinski definition) is 2. The van der Waals surface area contributed by atoms with Crippen LogP contribution in [0.3, 0.4) is 0 Å². The molecule has 0 radical (unpaired) electrons.